The van der Waals surface area contributed by atoms with Crippen LogP contribution in [0.3, 0.4) is 0 Å². The minimum absolute atomic E-state index is 0.762. The average Bonchev–Trinajstić information content (AvgIpc) is 2.63. The standard InChI is InChI=1S/C12H23N3/c1-4-13-7-5-12-9-15(10-14-12)8-6-11(2)3/h9-11,13H,4-8H2,1-3H3. The summed E-state index contributed by atoms with van der Waals surface area (Å²) in [5, 5.41) is 3.31. The number of nitrogens with one attached hydrogen (secondary N) is 1. The predicted molar refractivity (Wildman–Crippen MR) is 63.9 cm³/mol. The molecule has 3 heteroatoms. The van der Waals surface area contributed by atoms with Gasteiger partial charge in [0.15, 0.2) is 0 Å². The van der Waals surface area contributed by atoms with E-state index in [-0.39, 0.29) is 0 Å². The molecule has 0 bridgehead atoms. The van der Waals surface area contributed by atoms with E-state index >= 15 is 0 Å². The van der Waals surface area contributed by atoms with Gasteiger partial charge in [-0.15, -0.1) is 0 Å². The number of nitrogens with zero attached hydrogens (tertiary/aromatic N) is 2. The Balaban J connectivity index is 2.29. The van der Waals surface area contributed by atoms with Crippen molar-refractivity contribution < 1.29 is 0 Å². The average molecular weight is 209 g/mol. The molecule has 0 amide bonds. The highest BCUT2D eigenvalue weighted by Gasteiger charge is 1.99. The zero-order valence-corrected chi connectivity index (χ0v) is 10.2. The number of rotatable bonds is 7. The zero-order chi connectivity index (χ0) is 11.1. The molecule has 0 unspecified atom stereocenters. The van der Waals surface area contributed by atoms with Gasteiger partial charge < -0.3 is 9.88 Å². The molecular weight excluding hydrogens is 186 g/mol. The second-order valence-corrected chi connectivity index (χ2v) is 4.39. The van der Waals surface area contributed by atoms with Crippen LogP contribution in [0.15, 0.2) is 12.5 Å². The third kappa shape index (κ3) is 4.98. The van der Waals surface area contributed by atoms with Gasteiger partial charge in [0.1, 0.15) is 0 Å². The van der Waals surface area contributed by atoms with Gasteiger partial charge in [-0.2, -0.15) is 0 Å². The van der Waals surface area contributed by atoms with Crippen molar-refractivity contribution in [2.45, 2.75) is 40.2 Å². The third-order valence-electron chi connectivity index (χ3n) is 2.46. The van der Waals surface area contributed by atoms with Crippen molar-refractivity contribution in [3.05, 3.63) is 18.2 Å². The summed E-state index contributed by atoms with van der Waals surface area (Å²) in [4.78, 5) is 4.39. The van der Waals surface area contributed by atoms with E-state index in [1.54, 1.807) is 0 Å². The van der Waals surface area contributed by atoms with Gasteiger partial charge >= 0.3 is 0 Å². The van der Waals surface area contributed by atoms with Crippen LogP contribution in [0.25, 0.3) is 0 Å². The van der Waals surface area contributed by atoms with Crippen LogP contribution in [-0.4, -0.2) is 22.6 Å². The normalized spacial score (nSPS) is 11.2. The van der Waals surface area contributed by atoms with Gasteiger partial charge in [-0.1, -0.05) is 20.8 Å². The van der Waals surface area contributed by atoms with E-state index in [0.29, 0.717) is 0 Å². The highest BCUT2D eigenvalue weighted by atomic mass is 15.0. The van der Waals surface area contributed by atoms with Crippen LogP contribution >= 0.6 is 0 Å². The van der Waals surface area contributed by atoms with Crippen LogP contribution in [0, 0.1) is 5.92 Å². The topological polar surface area (TPSA) is 29.9 Å². The SMILES string of the molecule is CCNCCc1cn(CCC(C)C)cn1. The molecule has 0 fully saturated rings. The summed E-state index contributed by atoms with van der Waals surface area (Å²) in [5.74, 6) is 0.762. The minimum Gasteiger partial charge on any atom is -0.337 e. The van der Waals surface area contributed by atoms with Crippen molar-refractivity contribution in [1.29, 1.82) is 0 Å². The lowest BCUT2D eigenvalue weighted by Gasteiger charge is -2.04. The first-order valence-electron chi connectivity index (χ1n) is 5.93. The van der Waals surface area contributed by atoms with Crippen molar-refractivity contribution in [1.82, 2.24) is 14.9 Å². The maximum atomic E-state index is 4.39. The lowest BCUT2D eigenvalue weighted by Crippen LogP contribution is -2.16. The number of imidazole rings is 1. The fourth-order valence-electron chi connectivity index (χ4n) is 1.46. The largest absolute Gasteiger partial charge is 0.337 e. The van der Waals surface area contributed by atoms with Crippen LogP contribution in [-0.2, 0) is 13.0 Å². The first kappa shape index (κ1) is 12.2. The molecule has 0 spiro atoms. The molecule has 0 aromatic carbocycles. The van der Waals surface area contributed by atoms with Crippen molar-refractivity contribution in [3.8, 4) is 0 Å². The lowest BCUT2D eigenvalue weighted by atomic mass is 10.1. The second-order valence-electron chi connectivity index (χ2n) is 4.39. The van der Waals surface area contributed by atoms with Crippen LogP contribution in [0.1, 0.15) is 32.9 Å². The Kier molecular flexibility index (Phi) is 5.40. The maximum absolute atomic E-state index is 4.39. The van der Waals surface area contributed by atoms with Gasteiger partial charge in [-0.3, -0.25) is 0 Å². The number of aromatic nitrogens is 2. The highest BCUT2D eigenvalue weighted by Crippen LogP contribution is 2.04. The number of likely N-dealkylation sites (N-methyl/N-ethyl adjacent to an activating group) is 1. The number of hydrogen-bond acceptors (Lipinski definition) is 2. The highest BCUT2D eigenvalue weighted by molar-refractivity contribution is 4.97. The Morgan fingerprint density at radius 3 is 2.93 bits per heavy atom. The molecule has 0 aliphatic heterocycles. The van der Waals surface area contributed by atoms with E-state index in [1.807, 2.05) is 6.33 Å². The van der Waals surface area contributed by atoms with Gasteiger partial charge in [0.25, 0.3) is 0 Å². The Morgan fingerprint density at radius 2 is 2.27 bits per heavy atom. The van der Waals surface area contributed by atoms with Crippen molar-refractivity contribution >= 4 is 0 Å². The molecule has 0 atom stereocenters. The van der Waals surface area contributed by atoms with E-state index in [2.05, 4.69) is 41.8 Å². The summed E-state index contributed by atoms with van der Waals surface area (Å²) < 4.78 is 2.20. The summed E-state index contributed by atoms with van der Waals surface area (Å²) >= 11 is 0. The van der Waals surface area contributed by atoms with E-state index in [4.69, 9.17) is 0 Å². The monoisotopic (exact) mass is 209 g/mol. The van der Waals surface area contributed by atoms with Crippen molar-refractivity contribution in [3.63, 3.8) is 0 Å². The van der Waals surface area contributed by atoms with Gasteiger partial charge in [0, 0.05) is 25.7 Å². The second kappa shape index (κ2) is 6.62. The van der Waals surface area contributed by atoms with Crippen LogP contribution in [0.4, 0.5) is 0 Å². The molecule has 15 heavy (non-hydrogen) atoms. The molecule has 0 aliphatic carbocycles. The molecule has 1 N–H and O–H groups in total. The van der Waals surface area contributed by atoms with E-state index in [1.165, 1.54) is 12.1 Å². The van der Waals surface area contributed by atoms with Crippen LogP contribution in [0.5, 0.6) is 0 Å². The Morgan fingerprint density at radius 1 is 1.47 bits per heavy atom. The van der Waals surface area contributed by atoms with Gasteiger partial charge in [0.2, 0.25) is 0 Å². The molecular formula is C12H23N3. The third-order valence-corrected chi connectivity index (χ3v) is 2.46. The molecule has 0 saturated carbocycles. The van der Waals surface area contributed by atoms with Gasteiger partial charge in [0.05, 0.1) is 12.0 Å². The fourth-order valence-corrected chi connectivity index (χ4v) is 1.46. The molecule has 1 aromatic heterocycles. The van der Waals surface area contributed by atoms with Crippen LogP contribution in [0.2, 0.25) is 0 Å². The quantitative estimate of drug-likeness (QED) is 0.697. The van der Waals surface area contributed by atoms with Crippen molar-refractivity contribution in [2.24, 2.45) is 5.92 Å². The molecule has 1 aromatic rings. The van der Waals surface area contributed by atoms with Gasteiger partial charge in [-0.05, 0) is 18.9 Å². The first-order chi connectivity index (χ1) is 7.22. The predicted octanol–water partition coefficient (Wildman–Crippen LogP) is 2.08. The fraction of sp³-hybridized carbons (Fsp3) is 0.750. The van der Waals surface area contributed by atoms with E-state index < -0.39 is 0 Å². The summed E-state index contributed by atoms with van der Waals surface area (Å²) in [6, 6.07) is 0. The maximum Gasteiger partial charge on any atom is 0.0949 e. The molecule has 86 valence electrons. The minimum atomic E-state index is 0.762. The molecule has 3 nitrogen and oxygen atoms in total. The van der Waals surface area contributed by atoms with E-state index in [9.17, 15) is 0 Å². The Bertz CT molecular complexity index is 266. The van der Waals surface area contributed by atoms with Crippen LogP contribution < -0.4 is 5.32 Å². The summed E-state index contributed by atoms with van der Waals surface area (Å²) in [7, 11) is 0. The molecule has 0 radical (unpaired) electrons. The molecule has 1 rings (SSSR count). The molecule has 1 heterocycles. The van der Waals surface area contributed by atoms with Crippen molar-refractivity contribution in [2.75, 3.05) is 13.1 Å². The number of hydrogen-bond donors (Lipinski definition) is 1. The Labute approximate surface area is 92.9 Å². The number of aryl methyl sites for hydroxylation is 1. The van der Waals surface area contributed by atoms with Gasteiger partial charge in [-0.25, -0.2) is 4.98 Å². The molecule has 0 saturated heterocycles. The summed E-state index contributed by atoms with van der Waals surface area (Å²) in [5.41, 5.74) is 1.19. The smallest absolute Gasteiger partial charge is 0.0949 e. The summed E-state index contributed by atoms with van der Waals surface area (Å²) in [6.45, 7) is 9.78. The first-order valence-corrected chi connectivity index (χ1v) is 5.93. The lowest BCUT2D eigenvalue weighted by molar-refractivity contribution is 0.516. The van der Waals surface area contributed by atoms with E-state index in [0.717, 1.165) is 32.0 Å². The Hall–Kier alpha value is -0.830. The summed E-state index contributed by atoms with van der Waals surface area (Å²) in [6.07, 6.45) is 6.37. The molecule has 0 aliphatic rings. The zero-order valence-electron chi connectivity index (χ0n) is 10.2.